The SMILES string of the molecule is c1ccc(N(c2ccccc2)c2ccc3c(c2)c2cc(N(c4ccccc4)c4ccccc4)c[n+]4c2n3-c2cccc3c2C4c2ccccc2-3)cc1. The molecule has 0 radical (unpaired) electrons. The Labute approximate surface area is 302 Å². The predicted molar refractivity (Wildman–Crippen MR) is 213 cm³/mol. The normalized spacial score (nSPS) is 13.6. The maximum Gasteiger partial charge on any atom is 0.296 e. The van der Waals surface area contributed by atoms with Crippen LogP contribution in [0.2, 0.25) is 0 Å². The third-order valence-electron chi connectivity index (χ3n) is 10.8. The highest BCUT2D eigenvalue weighted by atomic mass is 15.2. The number of rotatable bonds is 6. The van der Waals surface area contributed by atoms with Gasteiger partial charge in [-0.2, -0.15) is 4.57 Å². The minimum Gasteiger partial charge on any atom is -0.310 e. The molecule has 9 aromatic rings. The van der Waals surface area contributed by atoms with E-state index in [4.69, 9.17) is 0 Å². The lowest BCUT2D eigenvalue weighted by Gasteiger charge is -2.27. The van der Waals surface area contributed by atoms with Gasteiger partial charge in [0, 0.05) is 39.4 Å². The van der Waals surface area contributed by atoms with Crippen LogP contribution >= 0.6 is 0 Å². The van der Waals surface area contributed by atoms with Crippen LogP contribution in [-0.4, -0.2) is 4.57 Å². The first-order valence-electron chi connectivity index (χ1n) is 17.9. The van der Waals surface area contributed by atoms with E-state index in [1.165, 1.54) is 49.9 Å². The standard InChI is InChI=1S/C48H33N4/c1-5-16-33(17-6-1)50(34-18-7-2-8-19-34)37-28-29-44-42(30-37)43-31-38(51(35-20-9-3-10-21-35)36-22-11-4-12-23-36)32-49-47-41-25-14-13-24-39(41)40-26-15-27-45(46(40)47)52(44)48(43)49/h1-32,47H/q+1. The van der Waals surface area contributed by atoms with Crippen molar-refractivity contribution in [3.63, 3.8) is 0 Å². The van der Waals surface area contributed by atoms with Crippen molar-refractivity contribution in [3.05, 3.63) is 205 Å². The molecule has 1 aliphatic carbocycles. The number of para-hydroxylation sites is 4. The summed E-state index contributed by atoms with van der Waals surface area (Å²) in [5, 5.41) is 2.43. The van der Waals surface area contributed by atoms with Gasteiger partial charge in [0.15, 0.2) is 6.04 Å². The number of hydrogen-bond acceptors (Lipinski definition) is 2. The molecule has 7 aromatic carbocycles. The molecule has 0 amide bonds. The fourth-order valence-electron chi connectivity index (χ4n) is 8.68. The molecular weight excluding hydrogens is 633 g/mol. The summed E-state index contributed by atoms with van der Waals surface area (Å²) in [6, 6.07) is 68.0. The molecule has 11 rings (SSSR count). The zero-order chi connectivity index (χ0) is 34.2. The van der Waals surface area contributed by atoms with Crippen molar-refractivity contribution in [1.29, 1.82) is 0 Å². The van der Waals surface area contributed by atoms with Crippen molar-refractivity contribution in [2.24, 2.45) is 0 Å². The van der Waals surface area contributed by atoms with Crippen LogP contribution in [0, 0.1) is 0 Å². The number of nitrogens with zero attached hydrogens (tertiary/aromatic N) is 4. The lowest BCUT2D eigenvalue weighted by molar-refractivity contribution is -0.682. The van der Waals surface area contributed by atoms with Crippen LogP contribution in [0.4, 0.5) is 34.1 Å². The molecule has 4 nitrogen and oxygen atoms in total. The molecule has 2 aliphatic rings. The smallest absolute Gasteiger partial charge is 0.296 e. The summed E-state index contributed by atoms with van der Waals surface area (Å²) in [7, 11) is 0. The molecule has 0 N–H and O–H groups in total. The minimum atomic E-state index is 0.0552. The van der Waals surface area contributed by atoms with E-state index in [0.717, 1.165) is 34.1 Å². The van der Waals surface area contributed by atoms with Gasteiger partial charge in [0.2, 0.25) is 0 Å². The number of benzene rings is 7. The molecule has 0 fully saturated rings. The van der Waals surface area contributed by atoms with Gasteiger partial charge < -0.3 is 9.80 Å². The summed E-state index contributed by atoms with van der Waals surface area (Å²) in [4.78, 5) is 4.74. The zero-order valence-corrected chi connectivity index (χ0v) is 28.3. The van der Waals surface area contributed by atoms with Crippen molar-refractivity contribution >= 4 is 56.1 Å². The average Bonchev–Trinajstić information content (AvgIpc) is 3.73. The lowest BCUT2D eigenvalue weighted by atomic mass is 10.00. The summed E-state index contributed by atoms with van der Waals surface area (Å²) in [5.41, 5.74) is 15.7. The first-order valence-corrected chi connectivity index (χ1v) is 17.9. The number of pyridine rings is 1. The van der Waals surface area contributed by atoms with Gasteiger partial charge in [-0.05, 0) is 90.0 Å². The van der Waals surface area contributed by atoms with E-state index in [0.29, 0.717) is 0 Å². The summed E-state index contributed by atoms with van der Waals surface area (Å²) in [5.74, 6) is 0. The highest BCUT2D eigenvalue weighted by molar-refractivity contribution is 6.10. The molecule has 3 heterocycles. The molecule has 1 atom stereocenters. The second-order valence-corrected chi connectivity index (χ2v) is 13.6. The Morgan fingerprint density at radius 1 is 0.423 bits per heavy atom. The van der Waals surface area contributed by atoms with Gasteiger partial charge in [0.25, 0.3) is 5.65 Å². The van der Waals surface area contributed by atoms with E-state index < -0.39 is 0 Å². The first-order chi connectivity index (χ1) is 25.8. The number of aromatic nitrogens is 2. The maximum atomic E-state index is 2.55. The van der Waals surface area contributed by atoms with Gasteiger partial charge >= 0.3 is 0 Å². The molecule has 4 heteroatoms. The van der Waals surface area contributed by atoms with Crippen molar-refractivity contribution in [2.45, 2.75) is 6.04 Å². The summed E-state index contributed by atoms with van der Waals surface area (Å²) in [6.45, 7) is 0. The van der Waals surface area contributed by atoms with Gasteiger partial charge in [-0.1, -0.05) is 109 Å². The Bertz CT molecular complexity index is 2710. The van der Waals surface area contributed by atoms with E-state index in [1.807, 2.05) is 0 Å². The van der Waals surface area contributed by atoms with Gasteiger partial charge in [-0.15, -0.1) is 0 Å². The van der Waals surface area contributed by atoms with Gasteiger partial charge in [0.1, 0.15) is 17.4 Å². The molecule has 244 valence electrons. The quantitative estimate of drug-likeness (QED) is 0.164. The van der Waals surface area contributed by atoms with Crippen LogP contribution in [0.1, 0.15) is 17.2 Å². The molecule has 52 heavy (non-hydrogen) atoms. The van der Waals surface area contributed by atoms with Gasteiger partial charge in [-0.25, -0.2) is 4.57 Å². The highest BCUT2D eigenvalue weighted by Gasteiger charge is 2.44. The summed E-state index contributed by atoms with van der Waals surface area (Å²) in [6.07, 6.45) is 2.38. The Hall–Kier alpha value is -6.91. The Morgan fingerprint density at radius 2 is 0.942 bits per heavy atom. The fourth-order valence-corrected chi connectivity index (χ4v) is 8.68. The van der Waals surface area contributed by atoms with Gasteiger partial charge in [-0.3, -0.25) is 0 Å². The molecule has 0 spiro atoms. The Morgan fingerprint density at radius 3 is 1.56 bits per heavy atom. The molecule has 0 saturated heterocycles. The Kier molecular flexibility index (Phi) is 6.28. The van der Waals surface area contributed by atoms with Crippen molar-refractivity contribution < 1.29 is 4.57 Å². The fraction of sp³-hybridized carbons (Fsp3) is 0.0208. The van der Waals surface area contributed by atoms with E-state index in [1.54, 1.807) is 0 Å². The zero-order valence-electron chi connectivity index (χ0n) is 28.3. The average molecular weight is 666 g/mol. The van der Waals surface area contributed by atoms with E-state index >= 15 is 0 Å². The molecule has 0 bridgehead atoms. The number of hydrogen-bond donors (Lipinski definition) is 0. The van der Waals surface area contributed by atoms with Gasteiger partial charge in [0.05, 0.1) is 16.6 Å². The van der Waals surface area contributed by atoms with Crippen LogP contribution in [0.15, 0.2) is 194 Å². The van der Waals surface area contributed by atoms with Crippen molar-refractivity contribution in [3.8, 4) is 16.8 Å². The molecule has 1 aliphatic heterocycles. The second-order valence-electron chi connectivity index (χ2n) is 13.6. The Balaban J connectivity index is 1.25. The molecule has 0 saturated carbocycles. The van der Waals surface area contributed by atoms with Crippen LogP contribution in [0.5, 0.6) is 0 Å². The first kappa shape index (κ1) is 28.9. The highest BCUT2D eigenvalue weighted by Crippen LogP contribution is 2.51. The predicted octanol–water partition coefficient (Wildman–Crippen LogP) is 11.9. The minimum absolute atomic E-state index is 0.0552. The van der Waals surface area contributed by atoms with Crippen molar-refractivity contribution in [1.82, 2.24) is 4.57 Å². The van der Waals surface area contributed by atoms with E-state index in [9.17, 15) is 0 Å². The molecule has 1 unspecified atom stereocenters. The monoisotopic (exact) mass is 665 g/mol. The summed E-state index contributed by atoms with van der Waals surface area (Å²) >= 11 is 0. The van der Waals surface area contributed by atoms with Crippen LogP contribution in [-0.2, 0) is 0 Å². The van der Waals surface area contributed by atoms with Crippen LogP contribution < -0.4 is 14.4 Å². The second kappa shape index (κ2) is 11.3. The molecule has 2 aromatic heterocycles. The largest absolute Gasteiger partial charge is 0.310 e. The van der Waals surface area contributed by atoms with Crippen LogP contribution in [0.3, 0.4) is 0 Å². The third kappa shape index (κ3) is 4.18. The third-order valence-corrected chi connectivity index (χ3v) is 10.8. The van der Waals surface area contributed by atoms with E-state index in [-0.39, 0.29) is 6.04 Å². The van der Waals surface area contributed by atoms with E-state index in [2.05, 4.69) is 213 Å². The maximum absolute atomic E-state index is 2.55. The van der Waals surface area contributed by atoms with Crippen LogP contribution in [0.25, 0.3) is 38.8 Å². The lowest BCUT2D eigenvalue weighted by Crippen LogP contribution is -2.45. The summed E-state index contributed by atoms with van der Waals surface area (Å²) < 4.78 is 5.05. The topological polar surface area (TPSA) is 15.3 Å². The number of anilines is 6. The number of fused-ring (bicyclic) bond motifs is 8. The van der Waals surface area contributed by atoms with Crippen molar-refractivity contribution in [2.75, 3.05) is 9.80 Å². The molecular formula is C48H33N4+.